The second-order valence-corrected chi connectivity index (χ2v) is 4.54. The average Bonchev–Trinajstić information content (AvgIpc) is 2.96. The summed E-state index contributed by atoms with van der Waals surface area (Å²) in [6, 6.07) is 1.82. The van der Waals surface area contributed by atoms with Crippen LogP contribution in [-0.4, -0.2) is 44.2 Å². The minimum absolute atomic E-state index is 0.120. The van der Waals surface area contributed by atoms with Crippen LogP contribution in [0.3, 0.4) is 0 Å². The number of ether oxygens (including phenoxy) is 2. The number of fused-ring (bicyclic) bond motifs is 1. The molecule has 8 nitrogen and oxygen atoms in total. The maximum atomic E-state index is 11.9. The van der Waals surface area contributed by atoms with Crippen molar-refractivity contribution in [3.63, 3.8) is 0 Å². The van der Waals surface area contributed by atoms with Crippen LogP contribution < -0.4 is 0 Å². The number of rotatable bonds is 2. The van der Waals surface area contributed by atoms with E-state index in [9.17, 15) is 9.59 Å². The van der Waals surface area contributed by atoms with Crippen molar-refractivity contribution in [3.05, 3.63) is 23.3 Å². The number of cyclic esters (lactones) is 1. The van der Waals surface area contributed by atoms with Gasteiger partial charge in [0.05, 0.1) is 6.61 Å². The molecule has 1 saturated heterocycles. The molecule has 0 aromatic carbocycles. The van der Waals surface area contributed by atoms with Gasteiger partial charge in [0.25, 0.3) is 11.6 Å². The Morgan fingerprint density at radius 3 is 2.95 bits per heavy atom. The fourth-order valence-corrected chi connectivity index (χ4v) is 2.02. The van der Waals surface area contributed by atoms with Gasteiger partial charge in [-0.25, -0.2) is 19.1 Å². The zero-order chi connectivity index (χ0) is 14.3. The number of esters is 2. The van der Waals surface area contributed by atoms with E-state index < -0.39 is 18.0 Å². The molecule has 0 N–H and O–H groups in total. The molecule has 1 atom stereocenters. The first kappa shape index (κ1) is 12.5. The van der Waals surface area contributed by atoms with Crippen LogP contribution in [0.1, 0.15) is 28.4 Å². The third-order valence-electron chi connectivity index (χ3n) is 2.94. The van der Waals surface area contributed by atoms with Crippen molar-refractivity contribution in [2.75, 3.05) is 6.61 Å². The minimum atomic E-state index is -0.870. The molecular formula is C12H12N4O4. The molecule has 8 heteroatoms. The van der Waals surface area contributed by atoms with Gasteiger partial charge in [0.1, 0.15) is 0 Å². The van der Waals surface area contributed by atoms with E-state index in [1.807, 2.05) is 19.9 Å². The maximum absolute atomic E-state index is 11.9. The molecule has 0 aliphatic carbocycles. The van der Waals surface area contributed by atoms with Crippen LogP contribution in [0.5, 0.6) is 0 Å². The molecule has 3 heterocycles. The molecule has 3 rings (SSSR count). The second kappa shape index (κ2) is 4.55. The summed E-state index contributed by atoms with van der Waals surface area (Å²) in [5.41, 5.74) is 1.58. The molecule has 0 radical (unpaired) electrons. The Hall–Kier alpha value is -2.51. The molecule has 2 aromatic heterocycles. The van der Waals surface area contributed by atoms with Crippen molar-refractivity contribution in [3.8, 4) is 0 Å². The van der Waals surface area contributed by atoms with Crippen LogP contribution in [0, 0.1) is 13.8 Å². The average molecular weight is 276 g/mol. The second-order valence-electron chi connectivity index (χ2n) is 4.54. The van der Waals surface area contributed by atoms with Crippen LogP contribution in [-0.2, 0) is 14.3 Å². The predicted octanol–water partition coefficient (Wildman–Crippen LogP) is 0.213. The molecule has 1 aliphatic rings. The van der Waals surface area contributed by atoms with Crippen LogP contribution in [0.25, 0.3) is 5.78 Å². The van der Waals surface area contributed by atoms with E-state index in [4.69, 9.17) is 9.47 Å². The predicted molar refractivity (Wildman–Crippen MR) is 65.0 cm³/mol. The number of hydrogen-bond acceptors (Lipinski definition) is 7. The van der Waals surface area contributed by atoms with E-state index in [0.717, 1.165) is 11.4 Å². The van der Waals surface area contributed by atoms with Crippen molar-refractivity contribution in [1.82, 2.24) is 19.6 Å². The smallest absolute Gasteiger partial charge is 0.379 e. The zero-order valence-electron chi connectivity index (χ0n) is 11.0. The fraction of sp³-hybridized carbons (Fsp3) is 0.417. The number of aromatic nitrogens is 4. The maximum Gasteiger partial charge on any atom is 0.379 e. The van der Waals surface area contributed by atoms with Crippen molar-refractivity contribution in [2.24, 2.45) is 0 Å². The largest absolute Gasteiger partial charge is 0.463 e. The number of carbonyl (C=O) groups excluding carboxylic acids is 2. The van der Waals surface area contributed by atoms with Crippen molar-refractivity contribution < 1.29 is 19.1 Å². The lowest BCUT2D eigenvalue weighted by Crippen LogP contribution is -2.23. The summed E-state index contributed by atoms with van der Waals surface area (Å²) in [5, 5.41) is 4.04. The third kappa shape index (κ3) is 2.09. The fourth-order valence-electron chi connectivity index (χ4n) is 2.02. The molecule has 104 valence electrons. The van der Waals surface area contributed by atoms with E-state index in [1.165, 1.54) is 4.52 Å². The molecule has 20 heavy (non-hydrogen) atoms. The summed E-state index contributed by atoms with van der Waals surface area (Å²) in [6.07, 6.45) is -0.515. The number of nitrogens with zero attached hydrogens (tertiary/aromatic N) is 4. The SMILES string of the molecule is Cc1cc(C)n2nc(C(=O)O[C@@H]3CCOC3=O)nc2n1. The van der Waals surface area contributed by atoms with E-state index in [-0.39, 0.29) is 12.4 Å². The summed E-state index contributed by atoms with van der Waals surface area (Å²) < 4.78 is 11.2. The highest BCUT2D eigenvalue weighted by atomic mass is 16.6. The molecule has 0 saturated carbocycles. The molecule has 0 amide bonds. The molecule has 0 spiro atoms. The summed E-state index contributed by atoms with van der Waals surface area (Å²) >= 11 is 0. The van der Waals surface area contributed by atoms with Crippen molar-refractivity contribution in [1.29, 1.82) is 0 Å². The van der Waals surface area contributed by atoms with Gasteiger partial charge in [0, 0.05) is 17.8 Å². The summed E-state index contributed by atoms with van der Waals surface area (Å²) in [7, 11) is 0. The Kier molecular flexibility index (Phi) is 2.85. The first-order chi connectivity index (χ1) is 9.54. The molecule has 0 bridgehead atoms. The first-order valence-electron chi connectivity index (χ1n) is 6.13. The Morgan fingerprint density at radius 1 is 1.45 bits per heavy atom. The van der Waals surface area contributed by atoms with Crippen molar-refractivity contribution >= 4 is 17.7 Å². The van der Waals surface area contributed by atoms with Crippen LogP contribution in [0.15, 0.2) is 6.07 Å². The van der Waals surface area contributed by atoms with Gasteiger partial charge in [-0.15, -0.1) is 5.10 Å². The van der Waals surface area contributed by atoms with Crippen LogP contribution >= 0.6 is 0 Å². The minimum Gasteiger partial charge on any atom is -0.463 e. The summed E-state index contributed by atoms with van der Waals surface area (Å²) in [5.74, 6) is -1.09. The van der Waals surface area contributed by atoms with E-state index >= 15 is 0 Å². The Labute approximate surface area is 113 Å². The summed E-state index contributed by atoms with van der Waals surface area (Å²) in [4.78, 5) is 31.4. The highest BCUT2D eigenvalue weighted by molar-refractivity contribution is 5.88. The van der Waals surface area contributed by atoms with E-state index in [0.29, 0.717) is 12.2 Å². The lowest BCUT2D eigenvalue weighted by Gasteiger charge is -2.04. The lowest BCUT2D eigenvalue weighted by atomic mass is 10.3. The Bertz CT molecular complexity index is 709. The lowest BCUT2D eigenvalue weighted by molar-refractivity contribution is -0.145. The van der Waals surface area contributed by atoms with Crippen LogP contribution in [0.2, 0.25) is 0 Å². The highest BCUT2D eigenvalue weighted by Gasteiger charge is 2.31. The number of carbonyl (C=O) groups is 2. The highest BCUT2D eigenvalue weighted by Crippen LogP contribution is 2.13. The van der Waals surface area contributed by atoms with Gasteiger partial charge in [-0.05, 0) is 19.9 Å². The van der Waals surface area contributed by atoms with Gasteiger partial charge in [-0.2, -0.15) is 4.98 Å². The third-order valence-corrected chi connectivity index (χ3v) is 2.94. The Balaban J connectivity index is 1.88. The molecule has 1 fully saturated rings. The zero-order valence-corrected chi connectivity index (χ0v) is 11.0. The summed E-state index contributed by atoms with van der Waals surface area (Å²) in [6.45, 7) is 3.92. The van der Waals surface area contributed by atoms with Crippen LogP contribution in [0.4, 0.5) is 0 Å². The normalized spacial score (nSPS) is 18.3. The van der Waals surface area contributed by atoms with Gasteiger partial charge < -0.3 is 9.47 Å². The first-order valence-corrected chi connectivity index (χ1v) is 6.13. The molecular weight excluding hydrogens is 264 g/mol. The van der Waals surface area contributed by atoms with Gasteiger partial charge in [-0.3, -0.25) is 0 Å². The molecule has 2 aromatic rings. The number of aryl methyl sites for hydroxylation is 2. The molecule has 1 aliphatic heterocycles. The standard InChI is InChI=1S/C12H12N4O4/c1-6-5-7(2)16-12(13-6)14-9(15-16)11(18)20-8-3-4-19-10(8)17/h5,8H,3-4H2,1-2H3/t8-/m1/s1. The van der Waals surface area contributed by atoms with E-state index in [2.05, 4.69) is 15.1 Å². The van der Waals surface area contributed by atoms with Gasteiger partial charge in [0.2, 0.25) is 6.10 Å². The van der Waals surface area contributed by atoms with Gasteiger partial charge in [-0.1, -0.05) is 0 Å². The van der Waals surface area contributed by atoms with Gasteiger partial charge in [0.15, 0.2) is 0 Å². The van der Waals surface area contributed by atoms with E-state index in [1.54, 1.807) is 0 Å². The van der Waals surface area contributed by atoms with Gasteiger partial charge >= 0.3 is 11.9 Å². The molecule has 0 unspecified atom stereocenters. The monoisotopic (exact) mass is 276 g/mol. The number of hydrogen-bond donors (Lipinski definition) is 0. The Morgan fingerprint density at radius 2 is 2.25 bits per heavy atom. The van der Waals surface area contributed by atoms with Crippen molar-refractivity contribution in [2.45, 2.75) is 26.4 Å². The topological polar surface area (TPSA) is 95.7 Å². The quantitative estimate of drug-likeness (QED) is 0.723.